The molecule has 1 aliphatic rings. The minimum absolute atomic E-state index is 0.115. The maximum Gasteiger partial charge on any atom is 0.243 e. The molecule has 0 fully saturated rings. The van der Waals surface area contributed by atoms with Crippen LogP contribution in [-0.2, 0) is 9.59 Å². The fraction of sp³-hybridized carbons (Fsp3) is 0.176. The third kappa shape index (κ3) is 3.53. The van der Waals surface area contributed by atoms with Crippen molar-refractivity contribution in [1.29, 1.82) is 0 Å². The van der Waals surface area contributed by atoms with Crippen LogP contribution in [0.25, 0.3) is 0 Å². The number of hydrogen-bond acceptors (Lipinski definition) is 3. The average molecular weight is 374 g/mol. The SMILES string of the molecule is Cc1cc(NC(=O)CN2CC(=O)Nc3ccccc32)ccc1Br. The summed E-state index contributed by atoms with van der Waals surface area (Å²) in [6, 6.07) is 13.1. The van der Waals surface area contributed by atoms with E-state index in [1.807, 2.05) is 49.4 Å². The predicted octanol–water partition coefficient (Wildman–Crippen LogP) is 3.15. The maximum atomic E-state index is 12.3. The highest BCUT2D eigenvalue weighted by molar-refractivity contribution is 9.10. The molecule has 0 aliphatic carbocycles. The Kier molecular flexibility index (Phi) is 4.34. The van der Waals surface area contributed by atoms with E-state index in [9.17, 15) is 9.59 Å². The summed E-state index contributed by atoms with van der Waals surface area (Å²) in [4.78, 5) is 25.8. The number of fused-ring (bicyclic) bond motifs is 1. The number of carbonyl (C=O) groups is 2. The molecule has 118 valence electrons. The van der Waals surface area contributed by atoms with Gasteiger partial charge in [-0.15, -0.1) is 0 Å². The lowest BCUT2D eigenvalue weighted by Gasteiger charge is -2.30. The molecular formula is C17H16BrN3O2. The molecule has 0 bridgehead atoms. The quantitative estimate of drug-likeness (QED) is 0.868. The van der Waals surface area contributed by atoms with Crippen LogP contribution in [0.1, 0.15) is 5.56 Å². The van der Waals surface area contributed by atoms with Crippen molar-refractivity contribution >= 4 is 44.8 Å². The summed E-state index contributed by atoms with van der Waals surface area (Å²) in [5.41, 5.74) is 3.38. The highest BCUT2D eigenvalue weighted by Crippen LogP contribution is 2.28. The first-order chi connectivity index (χ1) is 11.0. The molecule has 2 amide bonds. The number of hydrogen-bond donors (Lipinski definition) is 2. The van der Waals surface area contributed by atoms with E-state index in [4.69, 9.17) is 0 Å². The number of halogens is 1. The number of rotatable bonds is 3. The van der Waals surface area contributed by atoms with E-state index in [1.165, 1.54) is 0 Å². The predicted molar refractivity (Wildman–Crippen MR) is 94.8 cm³/mol. The molecule has 0 aromatic heterocycles. The third-order valence-corrected chi connectivity index (χ3v) is 4.52. The molecule has 2 N–H and O–H groups in total. The molecule has 6 heteroatoms. The van der Waals surface area contributed by atoms with Crippen LogP contribution in [0.2, 0.25) is 0 Å². The second-order valence-electron chi connectivity index (χ2n) is 5.43. The number of amides is 2. The standard InChI is InChI=1S/C17H16BrN3O2/c1-11-8-12(6-7-13(11)18)19-16(22)9-21-10-17(23)20-14-4-2-3-5-15(14)21/h2-8H,9-10H2,1H3,(H,19,22)(H,20,23). The van der Waals surface area contributed by atoms with E-state index in [2.05, 4.69) is 26.6 Å². The lowest BCUT2D eigenvalue weighted by atomic mass is 10.2. The summed E-state index contributed by atoms with van der Waals surface area (Å²) in [7, 11) is 0. The van der Waals surface area contributed by atoms with Crippen molar-refractivity contribution in [3.8, 4) is 0 Å². The van der Waals surface area contributed by atoms with Gasteiger partial charge in [-0.2, -0.15) is 0 Å². The molecule has 3 rings (SSSR count). The van der Waals surface area contributed by atoms with Crippen molar-refractivity contribution < 1.29 is 9.59 Å². The van der Waals surface area contributed by atoms with Gasteiger partial charge in [-0.25, -0.2) is 0 Å². The van der Waals surface area contributed by atoms with Crippen LogP contribution in [0, 0.1) is 6.92 Å². The van der Waals surface area contributed by atoms with Crippen LogP contribution >= 0.6 is 15.9 Å². The molecule has 0 saturated heterocycles. The molecule has 0 unspecified atom stereocenters. The highest BCUT2D eigenvalue weighted by Gasteiger charge is 2.23. The second kappa shape index (κ2) is 6.42. The summed E-state index contributed by atoms with van der Waals surface area (Å²) in [6.07, 6.45) is 0. The molecule has 2 aromatic rings. The van der Waals surface area contributed by atoms with Gasteiger partial charge in [0.1, 0.15) is 0 Å². The van der Waals surface area contributed by atoms with Gasteiger partial charge < -0.3 is 15.5 Å². The minimum atomic E-state index is -0.156. The topological polar surface area (TPSA) is 61.4 Å². The molecule has 0 radical (unpaired) electrons. The van der Waals surface area contributed by atoms with Crippen molar-refractivity contribution in [2.24, 2.45) is 0 Å². The monoisotopic (exact) mass is 373 g/mol. The fourth-order valence-electron chi connectivity index (χ4n) is 2.54. The van der Waals surface area contributed by atoms with E-state index in [-0.39, 0.29) is 24.9 Å². The number of carbonyl (C=O) groups excluding carboxylic acids is 2. The van der Waals surface area contributed by atoms with Crippen molar-refractivity contribution in [3.05, 3.63) is 52.5 Å². The highest BCUT2D eigenvalue weighted by atomic mass is 79.9. The molecule has 1 aliphatic heterocycles. The van der Waals surface area contributed by atoms with Gasteiger partial charge >= 0.3 is 0 Å². The molecule has 0 atom stereocenters. The number of nitrogens with one attached hydrogen (secondary N) is 2. The van der Waals surface area contributed by atoms with Crippen molar-refractivity contribution in [2.75, 3.05) is 28.6 Å². The number of anilines is 3. The van der Waals surface area contributed by atoms with Gasteiger partial charge in [-0.1, -0.05) is 28.1 Å². The van der Waals surface area contributed by atoms with Gasteiger partial charge in [-0.3, -0.25) is 9.59 Å². The summed E-state index contributed by atoms with van der Waals surface area (Å²) >= 11 is 3.43. The zero-order valence-electron chi connectivity index (χ0n) is 12.6. The van der Waals surface area contributed by atoms with Gasteiger partial charge in [0.25, 0.3) is 0 Å². The van der Waals surface area contributed by atoms with Crippen LogP contribution in [0.5, 0.6) is 0 Å². The molecule has 0 saturated carbocycles. The first-order valence-corrected chi connectivity index (χ1v) is 8.02. The van der Waals surface area contributed by atoms with Crippen molar-refractivity contribution in [2.45, 2.75) is 6.92 Å². The Morgan fingerprint density at radius 2 is 2.09 bits per heavy atom. The van der Waals surface area contributed by atoms with Crippen LogP contribution in [0.15, 0.2) is 46.9 Å². The summed E-state index contributed by atoms with van der Waals surface area (Å²) < 4.78 is 0.997. The molecular weight excluding hydrogens is 358 g/mol. The van der Waals surface area contributed by atoms with Crippen molar-refractivity contribution in [1.82, 2.24) is 0 Å². The Hall–Kier alpha value is -2.34. The minimum Gasteiger partial charge on any atom is -0.351 e. The molecule has 5 nitrogen and oxygen atoms in total. The van der Waals surface area contributed by atoms with E-state index in [0.29, 0.717) is 0 Å². The molecule has 23 heavy (non-hydrogen) atoms. The number of aryl methyl sites for hydroxylation is 1. The lowest BCUT2D eigenvalue weighted by molar-refractivity contribution is -0.115. The van der Waals surface area contributed by atoms with E-state index < -0.39 is 0 Å². The summed E-state index contributed by atoms with van der Waals surface area (Å²) in [5.74, 6) is -0.271. The molecule has 1 heterocycles. The van der Waals surface area contributed by atoms with E-state index >= 15 is 0 Å². The van der Waals surface area contributed by atoms with Gasteiger partial charge in [0.15, 0.2) is 0 Å². The number of nitrogens with zero attached hydrogens (tertiary/aromatic N) is 1. The Labute approximate surface area is 142 Å². The van der Waals surface area contributed by atoms with Gasteiger partial charge in [0.05, 0.1) is 24.5 Å². The Morgan fingerprint density at radius 3 is 2.87 bits per heavy atom. The lowest BCUT2D eigenvalue weighted by Crippen LogP contribution is -2.42. The zero-order chi connectivity index (χ0) is 16.4. The Morgan fingerprint density at radius 1 is 1.30 bits per heavy atom. The number of benzene rings is 2. The largest absolute Gasteiger partial charge is 0.351 e. The fourth-order valence-corrected chi connectivity index (χ4v) is 2.79. The first kappa shape index (κ1) is 15.6. The van der Waals surface area contributed by atoms with Crippen molar-refractivity contribution in [3.63, 3.8) is 0 Å². The second-order valence-corrected chi connectivity index (χ2v) is 6.29. The van der Waals surface area contributed by atoms with Crippen LogP contribution in [-0.4, -0.2) is 24.9 Å². The van der Waals surface area contributed by atoms with Crippen LogP contribution < -0.4 is 15.5 Å². The first-order valence-electron chi connectivity index (χ1n) is 7.23. The maximum absolute atomic E-state index is 12.3. The van der Waals surface area contributed by atoms with Crippen LogP contribution in [0.3, 0.4) is 0 Å². The average Bonchev–Trinajstić information content (AvgIpc) is 2.51. The summed E-state index contributed by atoms with van der Waals surface area (Å²) in [5, 5.41) is 5.68. The van der Waals surface area contributed by atoms with E-state index in [1.54, 1.807) is 4.90 Å². The third-order valence-electron chi connectivity index (χ3n) is 3.63. The van der Waals surface area contributed by atoms with Gasteiger partial charge in [0.2, 0.25) is 11.8 Å². The zero-order valence-corrected chi connectivity index (χ0v) is 14.2. The van der Waals surface area contributed by atoms with Gasteiger partial charge in [0, 0.05) is 10.2 Å². The van der Waals surface area contributed by atoms with Crippen LogP contribution in [0.4, 0.5) is 17.1 Å². The number of para-hydroxylation sites is 2. The Bertz CT molecular complexity index is 776. The Balaban J connectivity index is 1.73. The normalized spacial score (nSPS) is 13.3. The molecule has 2 aromatic carbocycles. The van der Waals surface area contributed by atoms with E-state index in [0.717, 1.165) is 27.1 Å². The molecule has 0 spiro atoms. The van der Waals surface area contributed by atoms with Gasteiger partial charge in [-0.05, 0) is 42.8 Å². The smallest absolute Gasteiger partial charge is 0.243 e. The summed E-state index contributed by atoms with van der Waals surface area (Å²) in [6.45, 7) is 2.26.